The summed E-state index contributed by atoms with van der Waals surface area (Å²) in [6.45, 7) is 8.09. The molecule has 3 atom stereocenters. The van der Waals surface area contributed by atoms with E-state index in [9.17, 15) is 71.1 Å². The number of carboxylic acid groups (broad SMARTS) is 2. The Hall–Kier alpha value is -15.6. The molecule has 0 saturated carbocycles. The number of methoxy groups -OCH3 is 1. The van der Waals surface area contributed by atoms with E-state index in [1.807, 2.05) is 91.9 Å². The molecule has 36 nitrogen and oxygen atoms in total. The van der Waals surface area contributed by atoms with Crippen LogP contribution in [0.3, 0.4) is 0 Å². The molecule has 143 heavy (non-hydrogen) atoms. The number of likely N-dealkylation sites (N-methyl/N-ethyl adjacent to an activating group) is 1. The Balaban J connectivity index is 0.00000251. The number of aromatic nitrogens is 4. The zero-order valence-corrected chi connectivity index (χ0v) is 79.8. The maximum atomic E-state index is 14.6. The number of nitro benzene ring substituents is 1. The summed E-state index contributed by atoms with van der Waals surface area (Å²) in [5.74, 6) is -3.13. The molecule has 1 fully saturated rings. The summed E-state index contributed by atoms with van der Waals surface area (Å²) in [5, 5.41) is 45.0. The number of carboxylic acids is 2. The maximum Gasteiger partial charge on any atom is 0.513 e. The number of quaternary nitrogens is 1. The molecule has 1 aliphatic heterocycles. The first-order valence-electron chi connectivity index (χ1n) is 45.2. The van der Waals surface area contributed by atoms with Gasteiger partial charge in [-0.15, -0.1) is 17.8 Å². The van der Waals surface area contributed by atoms with Gasteiger partial charge in [0.2, 0.25) is 29.7 Å². The Morgan fingerprint density at radius 1 is 0.741 bits per heavy atom. The van der Waals surface area contributed by atoms with Gasteiger partial charge in [0.05, 0.1) is 73.5 Å². The number of nitrogens with one attached hydrogen (secondary N) is 5. The third kappa shape index (κ3) is 29.5. The van der Waals surface area contributed by atoms with Crippen molar-refractivity contribution in [2.24, 2.45) is 11.7 Å². The number of terminal acetylenes is 1. The standard InChI is InChI=1S/C99H102ClFN14O20S.C2HF3O2/c1-7-50-128-57-66-54-68(109-91(117)79(23-16-40-104-96(102)121)110-92(118)88(61(2)3)111-98(123)130-52-46-113(47-53-131-99(124)134-71-34-32-70(33-35-71)114(125)126)84(116)39-42-105-97(122)133-59-78-75-20-11-9-18-73(75)74-19-10-12-21-76(74)78)31-28-65(66)56-115(5)48-43-112(44-49-115)45-51-129-82-37-36-72(62(4)87(82)100)85-86-93(106-60-107-94(86)136-89(85)63-26-29-67(101)30-27-63)135-83(95(119)120)55-64-17-8-14-24-80(64)132-58-69-38-41-103-90(108-69)77-22-13-15-25-81(77)127-6;3-2(4,5)1(6)7/h1,8-15,17-22,24-38,41,54,60-61,78-79,83,88H,16,23,39-40,42-53,55-59H2,2-6H3,(H7-,102,104,105,109,110,111,117,118,119,120,121,122,123);(H,6,7)/t79-,83+,88-;/m0./s1. The van der Waals surface area contributed by atoms with Crippen LogP contribution in [0.4, 0.5) is 48.1 Å². The lowest BCUT2D eigenvalue weighted by Crippen LogP contribution is -2.57. The number of rotatable bonds is 44. The summed E-state index contributed by atoms with van der Waals surface area (Å²) < 4.78 is 99.1. The van der Waals surface area contributed by atoms with Crippen LogP contribution in [0.5, 0.6) is 28.9 Å². The van der Waals surface area contributed by atoms with Crippen LogP contribution in [0, 0.1) is 41.1 Å². The molecule has 11 aromatic rings. The van der Waals surface area contributed by atoms with Crippen molar-refractivity contribution in [3.8, 4) is 85.3 Å². The van der Waals surface area contributed by atoms with Gasteiger partial charge in [-0.25, -0.2) is 48.3 Å². The number of alkyl carbamates (subject to hydrolysis) is 2. The van der Waals surface area contributed by atoms with Gasteiger partial charge >= 0.3 is 36.5 Å². The van der Waals surface area contributed by atoms with Crippen molar-refractivity contribution in [1.29, 1.82) is 0 Å². The Morgan fingerprint density at radius 2 is 1.41 bits per heavy atom. The van der Waals surface area contributed by atoms with Gasteiger partial charge in [-0.05, 0) is 142 Å². The van der Waals surface area contributed by atoms with Crippen LogP contribution in [0.15, 0.2) is 195 Å². The number of nitrogens with two attached hydrogens (primary N) is 1. The number of carbonyl (C=O) groups is 9. The molecule has 1 saturated heterocycles. The molecule has 7 amide bonds. The third-order valence-electron chi connectivity index (χ3n) is 23.4. The number of aliphatic carboxylic acids is 2. The zero-order chi connectivity index (χ0) is 102. The highest BCUT2D eigenvalue weighted by molar-refractivity contribution is 7.22. The number of hydrogen-bond donors (Lipinski definition) is 7. The maximum absolute atomic E-state index is 14.6. The van der Waals surface area contributed by atoms with Crippen LogP contribution in [0.25, 0.3) is 54.3 Å². The number of primary amides is 1. The predicted octanol–water partition coefficient (Wildman–Crippen LogP) is 13.5. The second-order valence-corrected chi connectivity index (χ2v) is 34.9. The van der Waals surface area contributed by atoms with Gasteiger partial charge < -0.3 is 99.3 Å². The number of ether oxygens (including phenoxy) is 9. The Labute approximate surface area is 827 Å². The Bertz CT molecular complexity index is 6380. The highest BCUT2D eigenvalue weighted by Crippen LogP contribution is 2.50. The first kappa shape index (κ1) is 106. The molecule has 13 rings (SSSR count). The van der Waals surface area contributed by atoms with Gasteiger partial charge in [-0.1, -0.05) is 134 Å². The molecule has 750 valence electrons. The minimum Gasteiger partial charge on any atom is -0.542 e. The number of fused-ring (bicyclic) bond motifs is 4. The molecule has 42 heteroatoms. The smallest absolute Gasteiger partial charge is 0.513 e. The molecule has 3 aromatic heterocycles. The van der Waals surface area contributed by atoms with Crippen LogP contribution >= 0.6 is 22.9 Å². The lowest BCUT2D eigenvalue weighted by atomic mass is 9.96. The van der Waals surface area contributed by atoms with Crippen molar-refractivity contribution in [1.82, 2.24) is 51.0 Å². The van der Waals surface area contributed by atoms with E-state index >= 15 is 0 Å². The minimum atomic E-state index is -5.19. The van der Waals surface area contributed by atoms with E-state index in [0.717, 1.165) is 58.6 Å². The number of alkyl halides is 3. The number of anilines is 1. The van der Waals surface area contributed by atoms with E-state index in [-0.39, 0.29) is 108 Å². The fourth-order valence-corrected chi connectivity index (χ4v) is 17.3. The van der Waals surface area contributed by atoms with E-state index < -0.39 is 108 Å². The second-order valence-electron chi connectivity index (χ2n) is 33.5. The largest absolute Gasteiger partial charge is 0.542 e. The molecular weight excluding hydrogens is 1900 g/mol. The number of urea groups is 1. The van der Waals surface area contributed by atoms with Crippen molar-refractivity contribution in [3.05, 3.63) is 255 Å². The first-order chi connectivity index (χ1) is 68.6. The number of thiophene rings is 1. The number of non-ortho nitro benzene ring substituents is 1. The number of hydrogen-bond acceptors (Lipinski definition) is 27. The SMILES string of the molecule is C#CCOCc1cc(NC(=O)[C@H](CCCNC(N)=O)NC(=O)[C@@H](NC(=O)OCCN(CCOC(=O)Oc2ccc([N+](=O)[O-])cc2)C(=O)CCNC(=O)OCC2c3ccccc3-c3ccccc32)C(C)C)ccc1C[N+]1(C)CCN(CCOc2ccc(-c3c(-c4ccc(F)cc4)sc4ncnc(O[C@H](Cc5ccccc5OCc5ccnc(-c6ccccc6OC)n5)C(=O)O)c34)c(C)c2Cl)CC1.O=C([O-])C(F)(F)F. The van der Waals surface area contributed by atoms with Gasteiger partial charge in [0, 0.05) is 91.5 Å². The summed E-state index contributed by atoms with van der Waals surface area (Å²) >= 11 is 8.62. The Kier molecular flexibility index (Phi) is 37.5. The summed E-state index contributed by atoms with van der Waals surface area (Å²) in [4.78, 5) is 150. The molecular formula is C101H103ClF4N14O22S. The van der Waals surface area contributed by atoms with Gasteiger partial charge in [0.15, 0.2) is 5.82 Å². The van der Waals surface area contributed by atoms with Crippen molar-refractivity contribution >= 4 is 98.6 Å². The molecule has 8 N–H and O–H groups in total. The number of benzene rings is 8. The third-order valence-corrected chi connectivity index (χ3v) is 25.0. The van der Waals surface area contributed by atoms with Crippen LogP contribution in [0.1, 0.15) is 78.1 Å². The molecule has 2 aliphatic rings. The predicted molar refractivity (Wildman–Crippen MR) is 516 cm³/mol. The lowest BCUT2D eigenvalue weighted by molar-refractivity contribution is -0.926. The van der Waals surface area contributed by atoms with Crippen LogP contribution in [-0.2, 0) is 69.1 Å². The van der Waals surface area contributed by atoms with Crippen molar-refractivity contribution in [3.63, 3.8) is 0 Å². The van der Waals surface area contributed by atoms with E-state index in [0.29, 0.717) is 119 Å². The molecule has 4 heterocycles. The number of nitrogens with zero attached hydrogens (tertiary/aromatic N) is 8. The van der Waals surface area contributed by atoms with Crippen molar-refractivity contribution < 1.29 is 123 Å². The van der Waals surface area contributed by atoms with Crippen LogP contribution in [-0.4, -0.2) is 229 Å². The fraction of sp³-hybridized carbons (Fsp3) is 0.317. The second kappa shape index (κ2) is 50.5. The summed E-state index contributed by atoms with van der Waals surface area (Å²) in [5.41, 5.74) is 15.6. The van der Waals surface area contributed by atoms with Crippen LogP contribution < -0.4 is 61.1 Å². The van der Waals surface area contributed by atoms with Crippen LogP contribution in [0.2, 0.25) is 5.02 Å². The van der Waals surface area contributed by atoms with E-state index in [2.05, 4.69) is 59.4 Å². The van der Waals surface area contributed by atoms with Gasteiger partial charge in [0.1, 0.15) is 104 Å². The lowest BCUT2D eigenvalue weighted by Gasteiger charge is -2.42. The Morgan fingerprint density at radius 3 is 2.08 bits per heavy atom. The monoisotopic (exact) mass is 2010 g/mol. The number of nitro groups is 1. The van der Waals surface area contributed by atoms with E-state index in [1.54, 1.807) is 87.8 Å². The molecule has 8 aromatic carbocycles. The molecule has 0 spiro atoms. The number of para-hydroxylation sites is 2. The van der Waals surface area contributed by atoms with Crippen molar-refractivity contribution in [2.45, 2.75) is 96.5 Å². The quantitative estimate of drug-likeness (QED) is 0.00215. The number of carbonyl (C=O) groups excluding carboxylic acids is 8. The average molecular weight is 2010 g/mol. The summed E-state index contributed by atoms with van der Waals surface area (Å²) in [6, 6.07) is 48.3. The summed E-state index contributed by atoms with van der Waals surface area (Å²) in [6.07, 6.45) is -1.34. The fourth-order valence-electron chi connectivity index (χ4n) is 16.0. The minimum absolute atomic E-state index is 0.00113. The number of halogens is 5. The van der Waals surface area contributed by atoms with Gasteiger partial charge in [0.25, 0.3) is 5.69 Å². The molecule has 0 radical (unpaired) electrons. The van der Waals surface area contributed by atoms with Gasteiger partial charge in [-0.2, -0.15) is 13.2 Å². The topological polar surface area (TPSA) is 467 Å². The van der Waals surface area contributed by atoms with E-state index in [4.69, 9.17) is 81.3 Å². The number of piperazine rings is 1. The summed E-state index contributed by atoms with van der Waals surface area (Å²) in [7, 11) is 3.74. The normalized spacial score (nSPS) is 13.2. The van der Waals surface area contributed by atoms with Gasteiger partial charge in [-0.3, -0.25) is 29.4 Å². The molecule has 1 aliphatic carbocycles. The average Bonchev–Trinajstić information content (AvgIpc) is 1.60. The highest BCUT2D eigenvalue weighted by Gasteiger charge is 2.36. The molecule has 0 unspecified atom stereocenters. The number of amides is 7. The zero-order valence-electron chi connectivity index (χ0n) is 78.3. The molecule has 0 bridgehead atoms. The van der Waals surface area contributed by atoms with Crippen molar-refractivity contribution in [2.75, 3.05) is 111 Å². The van der Waals surface area contributed by atoms with E-state index in [1.165, 1.54) is 46.8 Å². The highest BCUT2D eigenvalue weighted by atomic mass is 35.5. The first-order valence-corrected chi connectivity index (χ1v) is 46.4.